The lowest BCUT2D eigenvalue weighted by atomic mass is 10.1. The molecule has 7 heteroatoms. The topological polar surface area (TPSA) is 104 Å². The number of ether oxygens (including phenoxy) is 1. The van der Waals surface area contributed by atoms with Gasteiger partial charge in [0.25, 0.3) is 0 Å². The molecular formula is C17H27NO6. The predicted octanol–water partition coefficient (Wildman–Crippen LogP) is 1.49. The molecule has 0 radical (unpaired) electrons. The molecule has 0 saturated heterocycles. The number of hydrogen-bond donors (Lipinski definition) is 1. The molecule has 0 aliphatic heterocycles. The van der Waals surface area contributed by atoms with Crippen LogP contribution in [-0.2, 0) is 14.3 Å². The lowest BCUT2D eigenvalue weighted by molar-refractivity contribution is -0.816. The van der Waals surface area contributed by atoms with E-state index in [9.17, 15) is 19.5 Å². The Bertz CT molecular complexity index is 507. The molecule has 0 spiro atoms. The van der Waals surface area contributed by atoms with Crippen LogP contribution in [0.25, 0.3) is 0 Å². The molecule has 24 heavy (non-hydrogen) atoms. The van der Waals surface area contributed by atoms with Crippen LogP contribution in [0.3, 0.4) is 0 Å². The van der Waals surface area contributed by atoms with Gasteiger partial charge in [-0.15, -0.1) is 0 Å². The molecular weight excluding hydrogens is 314 g/mol. The highest BCUT2D eigenvalue weighted by Crippen LogP contribution is 2.12. The smallest absolute Gasteiger partial charge is 0.513 e. The van der Waals surface area contributed by atoms with Gasteiger partial charge in [-0.05, 0) is 24.8 Å². The van der Waals surface area contributed by atoms with E-state index in [-0.39, 0.29) is 35.0 Å². The molecule has 0 unspecified atom stereocenters. The second-order valence-electron chi connectivity index (χ2n) is 6.11. The van der Waals surface area contributed by atoms with Gasteiger partial charge in [0.1, 0.15) is 0 Å². The first-order valence-corrected chi connectivity index (χ1v) is 7.93. The van der Waals surface area contributed by atoms with Crippen molar-refractivity contribution in [1.29, 1.82) is 0 Å². The first-order valence-electron chi connectivity index (χ1n) is 7.93. The normalized spacial score (nSPS) is 11.9. The minimum absolute atomic E-state index is 0.0305. The van der Waals surface area contributed by atoms with Gasteiger partial charge in [0.05, 0.1) is 33.2 Å². The van der Waals surface area contributed by atoms with Crippen LogP contribution in [0, 0.1) is 0 Å². The fraction of sp³-hybridized carbons (Fsp3) is 0.588. The van der Waals surface area contributed by atoms with Crippen molar-refractivity contribution in [3.8, 4) is 0 Å². The number of amides is 1. The average molecular weight is 341 g/mol. The van der Waals surface area contributed by atoms with Gasteiger partial charge in [0.2, 0.25) is 0 Å². The number of quaternary nitrogens is 1. The summed E-state index contributed by atoms with van der Waals surface area (Å²) in [5.41, 5.74) is 0.203. The molecule has 7 nitrogen and oxygen atoms in total. The van der Waals surface area contributed by atoms with Crippen LogP contribution < -0.4 is 5.11 Å². The van der Waals surface area contributed by atoms with Crippen LogP contribution in [0.4, 0.5) is 4.79 Å². The number of carboxylic acid groups (broad SMARTS) is 2. The predicted molar refractivity (Wildman–Crippen MR) is 86.9 cm³/mol. The molecule has 0 bridgehead atoms. The summed E-state index contributed by atoms with van der Waals surface area (Å²) in [4.78, 5) is 33.8. The van der Waals surface area contributed by atoms with Gasteiger partial charge in [-0.3, -0.25) is 0 Å². The zero-order chi connectivity index (χ0) is 18.8. The summed E-state index contributed by atoms with van der Waals surface area (Å²) in [6, 6.07) is 0. The number of carboxylic acids is 1. The summed E-state index contributed by atoms with van der Waals surface area (Å²) >= 11 is 0. The fourth-order valence-electron chi connectivity index (χ4n) is 1.79. The van der Waals surface area contributed by atoms with E-state index in [4.69, 9.17) is 9.84 Å². The Morgan fingerprint density at radius 1 is 1.25 bits per heavy atom. The van der Waals surface area contributed by atoms with E-state index in [1.54, 1.807) is 0 Å². The fourth-order valence-corrected chi connectivity index (χ4v) is 1.79. The highest BCUT2D eigenvalue weighted by atomic mass is 16.5. The van der Waals surface area contributed by atoms with E-state index in [0.29, 0.717) is 13.0 Å². The van der Waals surface area contributed by atoms with Crippen molar-refractivity contribution in [3.05, 3.63) is 23.8 Å². The number of rotatable bonds is 11. The molecule has 0 aliphatic carbocycles. The lowest BCUT2D eigenvalue weighted by Crippen LogP contribution is -2.45. The third-order valence-corrected chi connectivity index (χ3v) is 3.56. The molecule has 0 aromatic carbocycles. The van der Waals surface area contributed by atoms with E-state index in [1.807, 2.05) is 6.92 Å². The van der Waals surface area contributed by atoms with Crippen LogP contribution in [0.1, 0.15) is 39.0 Å². The van der Waals surface area contributed by atoms with E-state index in [2.05, 4.69) is 6.58 Å². The highest BCUT2D eigenvalue weighted by Gasteiger charge is 2.24. The maximum atomic E-state index is 11.6. The number of carbonyl (C=O) groups excluding carboxylic acids is 2. The van der Waals surface area contributed by atoms with Crippen LogP contribution in [-0.4, -0.2) is 54.9 Å². The third-order valence-electron chi connectivity index (χ3n) is 3.56. The molecule has 0 heterocycles. The molecule has 0 aromatic rings. The van der Waals surface area contributed by atoms with Gasteiger partial charge < -0.3 is 19.7 Å². The summed E-state index contributed by atoms with van der Waals surface area (Å²) in [5, 5.41) is 20.1. The number of allylic oxidation sites excluding steroid dienone is 1. The van der Waals surface area contributed by atoms with Gasteiger partial charge in [-0.25, -0.2) is 9.28 Å². The standard InChI is InChI=1S/C17H27NO6/c1-5-6-12-24-16(21)13(2)9-10-14(15(19)20)8-7-11-18(3,4)17(22)23/h10H,2,5-9,11-12H2,1,3-4H3,(H-,19,20,22,23). The Morgan fingerprint density at radius 2 is 1.88 bits per heavy atom. The van der Waals surface area contributed by atoms with Crippen molar-refractivity contribution in [3.63, 3.8) is 0 Å². The van der Waals surface area contributed by atoms with Gasteiger partial charge in [0.15, 0.2) is 0 Å². The number of carbonyl (C=O) groups is 3. The molecule has 0 aromatic heterocycles. The Balaban J connectivity index is 4.53. The van der Waals surface area contributed by atoms with Crippen molar-refractivity contribution in [2.75, 3.05) is 27.2 Å². The average Bonchev–Trinajstić information content (AvgIpc) is 2.49. The van der Waals surface area contributed by atoms with Crippen molar-refractivity contribution in [1.82, 2.24) is 0 Å². The number of nitrogens with zero attached hydrogens (tertiary/aromatic N) is 1. The van der Waals surface area contributed by atoms with Crippen molar-refractivity contribution in [2.24, 2.45) is 0 Å². The Hall–Kier alpha value is -2.15. The molecule has 0 atom stereocenters. The summed E-state index contributed by atoms with van der Waals surface area (Å²) in [6.07, 6.45) is 2.64. The van der Waals surface area contributed by atoms with E-state index >= 15 is 0 Å². The number of esters is 1. The number of unbranched alkanes of at least 4 members (excludes halogenated alkanes) is 1. The first kappa shape index (κ1) is 21.9. The Kier molecular flexibility index (Phi) is 9.64. The molecule has 0 rings (SSSR count). The van der Waals surface area contributed by atoms with E-state index in [1.165, 1.54) is 20.2 Å². The lowest BCUT2D eigenvalue weighted by Gasteiger charge is -2.22. The van der Waals surface area contributed by atoms with Gasteiger partial charge >= 0.3 is 12.1 Å². The maximum Gasteiger partial charge on any atom is 0.513 e. The molecule has 0 saturated carbocycles. The molecule has 1 amide bonds. The summed E-state index contributed by atoms with van der Waals surface area (Å²) in [7, 11) is 3.05. The van der Waals surface area contributed by atoms with Crippen molar-refractivity contribution >= 4 is 18.0 Å². The van der Waals surface area contributed by atoms with Crippen molar-refractivity contribution in [2.45, 2.75) is 39.0 Å². The minimum atomic E-state index is -1.33. The number of aliphatic carboxylic acids is 1. The molecule has 136 valence electrons. The van der Waals surface area contributed by atoms with Crippen LogP contribution >= 0.6 is 0 Å². The summed E-state index contributed by atoms with van der Waals surface area (Å²) in [6.45, 7) is 6.16. The Labute approximate surface area is 142 Å². The second-order valence-corrected chi connectivity index (χ2v) is 6.11. The molecule has 0 fully saturated rings. The van der Waals surface area contributed by atoms with Gasteiger partial charge in [-0.1, -0.05) is 26.0 Å². The van der Waals surface area contributed by atoms with E-state index < -0.39 is 18.0 Å². The van der Waals surface area contributed by atoms with Crippen molar-refractivity contribution < 1.29 is 33.8 Å². The van der Waals surface area contributed by atoms with Gasteiger partial charge in [0, 0.05) is 12.0 Å². The largest absolute Gasteiger partial charge is 0.545 e. The van der Waals surface area contributed by atoms with E-state index in [0.717, 1.165) is 12.8 Å². The van der Waals surface area contributed by atoms with Crippen LogP contribution in [0.15, 0.2) is 23.8 Å². The maximum absolute atomic E-state index is 11.6. The monoisotopic (exact) mass is 341 g/mol. The summed E-state index contributed by atoms with van der Waals surface area (Å²) < 4.78 is 4.74. The molecule has 1 N–H and O–H groups in total. The quantitative estimate of drug-likeness (QED) is 0.264. The summed E-state index contributed by atoms with van der Waals surface area (Å²) in [5.74, 6) is -1.87. The SMILES string of the molecule is C=C(CC=C(CCC[N+](C)(C)C(=O)O)C(=O)[O-])C(=O)OCCCC. The zero-order valence-electron chi connectivity index (χ0n) is 14.7. The molecule has 0 aliphatic rings. The third kappa shape index (κ3) is 8.47. The number of hydrogen-bond acceptors (Lipinski definition) is 5. The van der Waals surface area contributed by atoms with Crippen LogP contribution in [0.2, 0.25) is 0 Å². The second kappa shape index (κ2) is 10.6. The van der Waals surface area contributed by atoms with Crippen LogP contribution in [0.5, 0.6) is 0 Å². The Morgan fingerprint density at radius 3 is 2.38 bits per heavy atom. The minimum Gasteiger partial charge on any atom is -0.545 e. The zero-order valence-corrected chi connectivity index (χ0v) is 14.7. The first-order chi connectivity index (χ1) is 11.1. The highest BCUT2D eigenvalue weighted by molar-refractivity contribution is 5.89. The van der Waals surface area contributed by atoms with Gasteiger partial charge in [-0.2, -0.15) is 4.79 Å².